The summed E-state index contributed by atoms with van der Waals surface area (Å²) in [5.41, 5.74) is 2.66. The molecule has 0 atom stereocenters. The Bertz CT molecular complexity index is 1080. The summed E-state index contributed by atoms with van der Waals surface area (Å²) in [5.74, 6) is 0.588. The second-order valence-corrected chi connectivity index (χ2v) is 7.90. The molecule has 0 saturated carbocycles. The largest absolute Gasteiger partial charge is 0.494 e. The first-order valence-corrected chi connectivity index (χ1v) is 11.3. The van der Waals surface area contributed by atoms with Crippen LogP contribution in [-0.2, 0) is 24.9 Å². The summed E-state index contributed by atoms with van der Waals surface area (Å²) in [6.45, 7) is 7.32. The summed E-state index contributed by atoms with van der Waals surface area (Å²) in [5, 5.41) is 2.85. The maximum Gasteiger partial charge on any atom is 0.322 e. The van der Waals surface area contributed by atoms with Crippen LogP contribution in [-0.4, -0.2) is 46.0 Å². The van der Waals surface area contributed by atoms with Gasteiger partial charge in [0.15, 0.2) is 0 Å². The normalized spacial score (nSPS) is 10.4. The molecule has 7 heteroatoms. The molecular formula is C27H32N4O3. The van der Waals surface area contributed by atoms with Crippen LogP contribution in [0.5, 0.6) is 5.75 Å². The summed E-state index contributed by atoms with van der Waals surface area (Å²) < 4.78 is 7.43. The molecule has 1 heterocycles. The van der Waals surface area contributed by atoms with Crippen molar-refractivity contribution in [2.75, 3.05) is 25.0 Å². The minimum atomic E-state index is -0.365. The Hall–Kier alpha value is -4.00. The fourth-order valence-electron chi connectivity index (χ4n) is 3.53. The summed E-state index contributed by atoms with van der Waals surface area (Å²) in [6, 6.07) is 20.6. The van der Waals surface area contributed by atoms with E-state index in [1.165, 1.54) is 4.90 Å². The molecule has 1 aromatic heterocycles. The zero-order valence-electron chi connectivity index (χ0n) is 19.8. The lowest BCUT2D eigenvalue weighted by molar-refractivity contribution is -0.133. The van der Waals surface area contributed by atoms with Crippen LogP contribution in [0, 0.1) is 0 Å². The number of carbonyl (C=O) groups is 2. The van der Waals surface area contributed by atoms with Crippen molar-refractivity contribution in [1.82, 2.24) is 14.4 Å². The van der Waals surface area contributed by atoms with Crippen molar-refractivity contribution in [1.29, 1.82) is 0 Å². The van der Waals surface area contributed by atoms with Gasteiger partial charge >= 0.3 is 6.03 Å². The third-order valence-electron chi connectivity index (χ3n) is 5.35. The van der Waals surface area contributed by atoms with Gasteiger partial charge in [0.2, 0.25) is 5.91 Å². The number of rotatable bonds is 11. The Morgan fingerprint density at radius 1 is 1.00 bits per heavy atom. The Balaban J connectivity index is 1.72. The fraction of sp³-hybridized carbons (Fsp3) is 0.259. The van der Waals surface area contributed by atoms with Crippen LogP contribution in [0.15, 0.2) is 85.6 Å². The third kappa shape index (κ3) is 7.00. The molecule has 0 fully saturated rings. The van der Waals surface area contributed by atoms with Crippen molar-refractivity contribution in [2.45, 2.75) is 20.0 Å². The highest BCUT2D eigenvalue weighted by Gasteiger charge is 2.22. The van der Waals surface area contributed by atoms with Gasteiger partial charge in [0.05, 0.1) is 13.2 Å². The van der Waals surface area contributed by atoms with Crippen molar-refractivity contribution in [3.05, 3.63) is 96.8 Å². The van der Waals surface area contributed by atoms with E-state index in [0.29, 0.717) is 25.4 Å². The molecule has 2 aromatic carbocycles. The van der Waals surface area contributed by atoms with Crippen LogP contribution in [0.3, 0.4) is 0 Å². The van der Waals surface area contributed by atoms with Gasteiger partial charge in [0.25, 0.3) is 0 Å². The number of anilines is 1. The van der Waals surface area contributed by atoms with Crippen LogP contribution >= 0.6 is 0 Å². The lowest BCUT2D eigenvalue weighted by Crippen LogP contribution is -2.44. The predicted molar refractivity (Wildman–Crippen MR) is 135 cm³/mol. The molecule has 0 unspecified atom stereocenters. The maximum atomic E-state index is 13.4. The van der Waals surface area contributed by atoms with Gasteiger partial charge in [0.1, 0.15) is 12.3 Å². The number of benzene rings is 2. The van der Waals surface area contributed by atoms with E-state index in [-0.39, 0.29) is 25.0 Å². The van der Waals surface area contributed by atoms with Crippen molar-refractivity contribution in [3.8, 4) is 5.75 Å². The Kier molecular flexibility index (Phi) is 8.91. The molecule has 0 radical (unpaired) electrons. The molecule has 0 spiro atoms. The molecule has 178 valence electrons. The fourth-order valence-corrected chi connectivity index (χ4v) is 3.53. The van der Waals surface area contributed by atoms with Gasteiger partial charge in [-0.2, -0.15) is 0 Å². The summed E-state index contributed by atoms with van der Waals surface area (Å²) in [7, 11) is 1.95. The number of amides is 3. The Morgan fingerprint density at radius 2 is 1.74 bits per heavy atom. The van der Waals surface area contributed by atoms with Gasteiger partial charge in [-0.25, -0.2) is 4.79 Å². The van der Waals surface area contributed by atoms with Gasteiger partial charge in [0, 0.05) is 37.7 Å². The predicted octanol–water partition coefficient (Wildman–Crippen LogP) is 4.67. The molecule has 0 bridgehead atoms. The number of hydrogen-bond acceptors (Lipinski definition) is 3. The number of hydrogen-bond donors (Lipinski definition) is 1. The van der Waals surface area contributed by atoms with Gasteiger partial charge in [-0.05, 0) is 48.9 Å². The van der Waals surface area contributed by atoms with Crippen LogP contribution in [0.2, 0.25) is 0 Å². The minimum absolute atomic E-state index is 0.0634. The second kappa shape index (κ2) is 12.3. The van der Waals surface area contributed by atoms with E-state index < -0.39 is 0 Å². The van der Waals surface area contributed by atoms with Crippen molar-refractivity contribution in [3.63, 3.8) is 0 Å². The van der Waals surface area contributed by atoms with Gasteiger partial charge < -0.3 is 24.4 Å². The molecule has 3 aromatic rings. The van der Waals surface area contributed by atoms with E-state index in [9.17, 15) is 9.59 Å². The van der Waals surface area contributed by atoms with E-state index in [0.717, 1.165) is 17.0 Å². The zero-order valence-corrected chi connectivity index (χ0v) is 19.8. The standard InChI is InChI=1S/C27H32N4O3/c1-4-17-30(27(33)28-23-13-15-25(16-14-23)34-5-2)21-26(32)31(19-22-10-7-6-8-11-22)20-24-12-9-18-29(24)3/h4,6-16,18H,1,5,17,19-21H2,2-3H3,(H,28,33). The highest BCUT2D eigenvalue weighted by atomic mass is 16.5. The topological polar surface area (TPSA) is 66.8 Å². The average Bonchev–Trinajstić information content (AvgIpc) is 3.24. The van der Waals surface area contributed by atoms with Gasteiger partial charge in [-0.1, -0.05) is 36.4 Å². The van der Waals surface area contributed by atoms with Crippen LogP contribution in [0.1, 0.15) is 18.2 Å². The van der Waals surface area contributed by atoms with Crippen molar-refractivity contribution >= 4 is 17.6 Å². The van der Waals surface area contributed by atoms with E-state index in [2.05, 4.69) is 11.9 Å². The second-order valence-electron chi connectivity index (χ2n) is 7.90. The molecule has 0 saturated heterocycles. The third-order valence-corrected chi connectivity index (χ3v) is 5.35. The molecule has 34 heavy (non-hydrogen) atoms. The van der Waals surface area contributed by atoms with Crippen molar-refractivity contribution in [2.24, 2.45) is 7.05 Å². The summed E-state index contributed by atoms with van der Waals surface area (Å²) in [6.07, 6.45) is 3.57. The molecule has 0 aliphatic heterocycles. The molecule has 0 aliphatic carbocycles. The molecule has 3 amide bonds. The summed E-state index contributed by atoms with van der Waals surface area (Å²) in [4.78, 5) is 29.6. The van der Waals surface area contributed by atoms with E-state index in [4.69, 9.17) is 4.74 Å². The minimum Gasteiger partial charge on any atom is -0.494 e. The molecule has 1 N–H and O–H groups in total. The van der Waals surface area contributed by atoms with Crippen molar-refractivity contribution < 1.29 is 14.3 Å². The number of aromatic nitrogens is 1. The molecular weight excluding hydrogens is 428 g/mol. The highest BCUT2D eigenvalue weighted by molar-refractivity contribution is 5.92. The smallest absolute Gasteiger partial charge is 0.322 e. The number of ether oxygens (including phenoxy) is 1. The number of nitrogens with one attached hydrogen (secondary N) is 1. The Labute approximate surface area is 201 Å². The Morgan fingerprint density at radius 3 is 2.35 bits per heavy atom. The summed E-state index contributed by atoms with van der Waals surface area (Å²) >= 11 is 0. The van der Waals surface area contributed by atoms with E-state index in [1.54, 1.807) is 35.2 Å². The van der Waals surface area contributed by atoms with E-state index >= 15 is 0 Å². The van der Waals surface area contributed by atoms with Crippen LogP contribution in [0.4, 0.5) is 10.5 Å². The quantitative estimate of drug-likeness (QED) is 0.423. The van der Waals surface area contributed by atoms with Gasteiger partial charge in [-0.15, -0.1) is 6.58 Å². The molecule has 7 nitrogen and oxygen atoms in total. The van der Waals surface area contributed by atoms with Crippen LogP contribution < -0.4 is 10.1 Å². The first kappa shape index (κ1) is 24.6. The van der Waals surface area contributed by atoms with E-state index in [1.807, 2.05) is 67.2 Å². The monoisotopic (exact) mass is 460 g/mol. The maximum absolute atomic E-state index is 13.4. The number of aryl methyl sites for hydroxylation is 1. The first-order chi connectivity index (χ1) is 16.5. The lowest BCUT2D eigenvalue weighted by Gasteiger charge is -2.27. The number of urea groups is 1. The SMILES string of the molecule is C=CCN(CC(=O)N(Cc1ccccc1)Cc1cccn1C)C(=O)Nc1ccc(OCC)cc1. The highest BCUT2D eigenvalue weighted by Crippen LogP contribution is 2.17. The van der Waals surface area contributed by atoms with Crippen LogP contribution in [0.25, 0.3) is 0 Å². The number of nitrogens with zero attached hydrogens (tertiary/aromatic N) is 3. The average molecular weight is 461 g/mol. The molecule has 3 rings (SSSR count). The number of carbonyl (C=O) groups excluding carboxylic acids is 2. The molecule has 0 aliphatic rings. The first-order valence-electron chi connectivity index (χ1n) is 11.3. The zero-order chi connectivity index (χ0) is 24.3. The lowest BCUT2D eigenvalue weighted by atomic mass is 10.2. The van der Waals surface area contributed by atoms with Gasteiger partial charge in [-0.3, -0.25) is 4.79 Å².